The van der Waals surface area contributed by atoms with Crippen LogP contribution >= 0.6 is 0 Å². The second-order valence-corrected chi connectivity index (χ2v) is 3.62. The Bertz CT molecular complexity index is 445. The zero-order chi connectivity index (χ0) is 10.1. The van der Waals surface area contributed by atoms with Crippen molar-refractivity contribution in [3.8, 4) is 5.75 Å². The van der Waals surface area contributed by atoms with Gasteiger partial charge >= 0.3 is 0 Å². The first kappa shape index (κ1) is 9.09. The number of aromatic hydroxyl groups is 1. The lowest BCUT2D eigenvalue weighted by molar-refractivity contribution is 0.466. The van der Waals surface area contributed by atoms with Gasteiger partial charge in [-0.1, -0.05) is 0 Å². The molecule has 2 aromatic rings. The van der Waals surface area contributed by atoms with E-state index < -0.39 is 0 Å². The van der Waals surface area contributed by atoms with Gasteiger partial charge in [0.1, 0.15) is 11.3 Å². The summed E-state index contributed by atoms with van der Waals surface area (Å²) >= 11 is 0. The fraction of sp³-hybridized carbons (Fsp3) is 0.273. The summed E-state index contributed by atoms with van der Waals surface area (Å²) in [6.45, 7) is 1.91. The molecule has 0 aliphatic heterocycles. The largest absolute Gasteiger partial charge is 0.508 e. The maximum absolute atomic E-state index is 9.68. The van der Waals surface area contributed by atoms with E-state index in [1.165, 1.54) is 0 Å². The van der Waals surface area contributed by atoms with Crippen molar-refractivity contribution in [3.63, 3.8) is 0 Å². The van der Waals surface area contributed by atoms with Gasteiger partial charge in [0.25, 0.3) is 0 Å². The minimum atomic E-state index is 0.0355. The van der Waals surface area contributed by atoms with Crippen LogP contribution in [-0.2, 0) is 6.42 Å². The maximum Gasteiger partial charge on any atom is 0.134 e. The Morgan fingerprint density at radius 3 is 3.00 bits per heavy atom. The van der Waals surface area contributed by atoms with Gasteiger partial charge in [-0.15, -0.1) is 0 Å². The number of benzene rings is 1. The Kier molecular flexibility index (Phi) is 2.17. The molecule has 0 aliphatic carbocycles. The molecule has 0 saturated carbocycles. The van der Waals surface area contributed by atoms with Crippen LogP contribution in [0.5, 0.6) is 5.75 Å². The minimum Gasteiger partial charge on any atom is -0.508 e. The molecule has 1 unspecified atom stereocenters. The highest BCUT2D eigenvalue weighted by molar-refractivity contribution is 5.79. The molecule has 74 valence electrons. The fourth-order valence-electron chi connectivity index (χ4n) is 1.55. The Hall–Kier alpha value is -1.48. The van der Waals surface area contributed by atoms with E-state index in [0.717, 1.165) is 16.5 Å². The van der Waals surface area contributed by atoms with E-state index in [4.69, 9.17) is 10.2 Å². The van der Waals surface area contributed by atoms with E-state index in [0.29, 0.717) is 6.42 Å². The van der Waals surface area contributed by atoms with Crippen LogP contribution in [0.4, 0.5) is 0 Å². The third-order valence-electron chi connectivity index (χ3n) is 2.20. The lowest BCUT2D eigenvalue weighted by atomic mass is 10.1. The third-order valence-corrected chi connectivity index (χ3v) is 2.20. The monoisotopic (exact) mass is 191 g/mol. The van der Waals surface area contributed by atoms with Crippen LogP contribution in [-0.4, -0.2) is 11.1 Å². The number of hydrogen-bond acceptors (Lipinski definition) is 3. The Morgan fingerprint density at radius 1 is 1.50 bits per heavy atom. The van der Waals surface area contributed by atoms with Crippen molar-refractivity contribution in [1.29, 1.82) is 0 Å². The van der Waals surface area contributed by atoms with Gasteiger partial charge in [-0.05, 0) is 37.1 Å². The van der Waals surface area contributed by atoms with E-state index in [-0.39, 0.29) is 11.8 Å². The molecule has 1 aromatic carbocycles. The van der Waals surface area contributed by atoms with Gasteiger partial charge in [-0.25, -0.2) is 0 Å². The zero-order valence-electron chi connectivity index (χ0n) is 8.03. The SMILES string of the molecule is CC(N)Cc1cc2occc2cc1O. The molecule has 0 bridgehead atoms. The molecule has 2 rings (SSSR count). The Balaban J connectivity index is 2.48. The molecule has 0 saturated heterocycles. The molecule has 0 spiro atoms. The summed E-state index contributed by atoms with van der Waals surface area (Å²) in [4.78, 5) is 0. The number of fused-ring (bicyclic) bond motifs is 1. The molecule has 0 aliphatic rings. The predicted octanol–water partition coefficient (Wildman–Crippen LogP) is 2.03. The van der Waals surface area contributed by atoms with Crippen LogP contribution in [0.1, 0.15) is 12.5 Å². The lowest BCUT2D eigenvalue weighted by Crippen LogP contribution is -2.17. The van der Waals surface area contributed by atoms with Crippen LogP contribution in [0, 0.1) is 0 Å². The average molecular weight is 191 g/mol. The highest BCUT2D eigenvalue weighted by Crippen LogP contribution is 2.26. The number of furan rings is 1. The summed E-state index contributed by atoms with van der Waals surface area (Å²) in [5.41, 5.74) is 7.30. The highest BCUT2D eigenvalue weighted by atomic mass is 16.3. The molecular formula is C11H13NO2. The number of phenolic OH excluding ortho intramolecular Hbond substituents is 1. The summed E-state index contributed by atoms with van der Waals surface area (Å²) in [5, 5.41) is 10.6. The molecule has 3 nitrogen and oxygen atoms in total. The predicted molar refractivity (Wildman–Crippen MR) is 55.2 cm³/mol. The molecule has 0 fully saturated rings. The van der Waals surface area contributed by atoms with Gasteiger partial charge in [-0.3, -0.25) is 0 Å². The van der Waals surface area contributed by atoms with Crippen molar-refractivity contribution in [2.75, 3.05) is 0 Å². The summed E-state index contributed by atoms with van der Waals surface area (Å²) in [7, 11) is 0. The van der Waals surface area contributed by atoms with E-state index in [1.54, 1.807) is 12.3 Å². The normalized spacial score (nSPS) is 13.3. The van der Waals surface area contributed by atoms with Gasteiger partial charge in [-0.2, -0.15) is 0 Å². The van der Waals surface area contributed by atoms with Crippen molar-refractivity contribution in [2.24, 2.45) is 5.73 Å². The fourth-order valence-corrected chi connectivity index (χ4v) is 1.55. The van der Waals surface area contributed by atoms with E-state index in [9.17, 15) is 5.11 Å². The Morgan fingerprint density at radius 2 is 2.29 bits per heavy atom. The van der Waals surface area contributed by atoms with E-state index >= 15 is 0 Å². The first-order valence-electron chi connectivity index (χ1n) is 4.61. The molecule has 0 radical (unpaired) electrons. The van der Waals surface area contributed by atoms with Crippen LogP contribution < -0.4 is 5.73 Å². The van der Waals surface area contributed by atoms with Crippen LogP contribution in [0.2, 0.25) is 0 Å². The average Bonchev–Trinajstić information content (AvgIpc) is 2.51. The van der Waals surface area contributed by atoms with Crippen molar-refractivity contribution < 1.29 is 9.52 Å². The number of phenols is 1. The Labute approximate surface area is 82.1 Å². The first-order valence-corrected chi connectivity index (χ1v) is 4.61. The quantitative estimate of drug-likeness (QED) is 0.763. The van der Waals surface area contributed by atoms with Gasteiger partial charge in [0.15, 0.2) is 0 Å². The summed E-state index contributed by atoms with van der Waals surface area (Å²) in [6, 6.07) is 5.41. The number of nitrogens with two attached hydrogens (primary N) is 1. The molecule has 3 N–H and O–H groups in total. The summed E-state index contributed by atoms with van der Waals surface area (Å²) < 4.78 is 5.24. The van der Waals surface area contributed by atoms with Gasteiger partial charge in [0, 0.05) is 11.4 Å². The van der Waals surface area contributed by atoms with Crippen LogP contribution in [0.15, 0.2) is 28.9 Å². The van der Waals surface area contributed by atoms with E-state index in [1.807, 2.05) is 19.1 Å². The van der Waals surface area contributed by atoms with Crippen molar-refractivity contribution in [3.05, 3.63) is 30.0 Å². The van der Waals surface area contributed by atoms with Crippen molar-refractivity contribution >= 4 is 11.0 Å². The minimum absolute atomic E-state index is 0.0355. The molecule has 14 heavy (non-hydrogen) atoms. The van der Waals surface area contributed by atoms with Crippen LogP contribution in [0.25, 0.3) is 11.0 Å². The van der Waals surface area contributed by atoms with Gasteiger partial charge in [0.05, 0.1) is 6.26 Å². The zero-order valence-corrected chi connectivity index (χ0v) is 8.03. The van der Waals surface area contributed by atoms with Crippen molar-refractivity contribution in [2.45, 2.75) is 19.4 Å². The van der Waals surface area contributed by atoms with Gasteiger partial charge < -0.3 is 15.3 Å². The summed E-state index contributed by atoms with van der Waals surface area (Å²) in [6.07, 6.45) is 2.27. The van der Waals surface area contributed by atoms with Crippen LogP contribution in [0.3, 0.4) is 0 Å². The second-order valence-electron chi connectivity index (χ2n) is 3.62. The molecular weight excluding hydrogens is 178 g/mol. The number of hydrogen-bond donors (Lipinski definition) is 2. The van der Waals surface area contributed by atoms with Crippen molar-refractivity contribution in [1.82, 2.24) is 0 Å². The van der Waals surface area contributed by atoms with E-state index in [2.05, 4.69) is 0 Å². The van der Waals surface area contributed by atoms with Gasteiger partial charge in [0.2, 0.25) is 0 Å². The standard InChI is InChI=1S/C11H13NO2/c1-7(12)4-9-6-11-8(2-3-14-11)5-10(9)13/h2-3,5-7,13H,4,12H2,1H3. The maximum atomic E-state index is 9.68. The smallest absolute Gasteiger partial charge is 0.134 e. The lowest BCUT2D eigenvalue weighted by Gasteiger charge is -2.07. The molecule has 1 atom stereocenters. The molecule has 3 heteroatoms. The third kappa shape index (κ3) is 1.59. The topological polar surface area (TPSA) is 59.4 Å². The molecule has 0 amide bonds. The summed E-state index contributed by atoms with van der Waals surface area (Å²) in [5.74, 6) is 0.288. The first-order chi connectivity index (χ1) is 6.66. The molecule has 1 heterocycles. The molecule has 1 aromatic heterocycles. The number of rotatable bonds is 2. The highest BCUT2D eigenvalue weighted by Gasteiger charge is 2.07. The second kappa shape index (κ2) is 3.35.